The van der Waals surface area contributed by atoms with Crippen LogP contribution in [-0.4, -0.2) is 33.6 Å². The molecule has 0 aliphatic heterocycles. The van der Waals surface area contributed by atoms with Crippen LogP contribution in [0.2, 0.25) is 0 Å². The highest BCUT2D eigenvalue weighted by Gasteiger charge is 2.17. The van der Waals surface area contributed by atoms with Crippen molar-refractivity contribution >= 4 is 29.5 Å². The van der Waals surface area contributed by atoms with Crippen LogP contribution in [-0.2, 0) is 11.2 Å². The molecule has 0 saturated carbocycles. The zero-order chi connectivity index (χ0) is 12.5. The smallest absolute Gasteiger partial charge is 0.316 e. The molecule has 0 spiro atoms. The van der Waals surface area contributed by atoms with Crippen molar-refractivity contribution in [2.24, 2.45) is 0 Å². The van der Waals surface area contributed by atoms with Gasteiger partial charge in [0.1, 0.15) is 5.25 Å². The Balaban J connectivity index is 2.41. The van der Waals surface area contributed by atoms with Crippen LogP contribution >= 0.6 is 23.5 Å². The number of hydrogen-bond donors (Lipinski definition) is 1. The predicted molar refractivity (Wildman–Crippen MR) is 77.0 cm³/mol. The first-order valence-electron chi connectivity index (χ1n) is 5.70. The van der Waals surface area contributed by atoms with Crippen molar-refractivity contribution in [1.82, 2.24) is 0 Å². The topological polar surface area (TPSA) is 37.3 Å². The molecular weight excluding hydrogens is 252 g/mol. The van der Waals surface area contributed by atoms with E-state index >= 15 is 0 Å². The first-order valence-corrected chi connectivity index (χ1v) is 7.90. The highest BCUT2D eigenvalue weighted by atomic mass is 32.2. The summed E-state index contributed by atoms with van der Waals surface area (Å²) in [5.74, 6) is 2.32. The first-order chi connectivity index (χ1) is 8.24. The zero-order valence-corrected chi connectivity index (χ0v) is 11.6. The van der Waals surface area contributed by atoms with Crippen LogP contribution < -0.4 is 0 Å². The third-order valence-electron chi connectivity index (χ3n) is 2.29. The molecule has 1 N–H and O–H groups in total. The second-order valence-electron chi connectivity index (χ2n) is 3.58. The molecule has 0 saturated heterocycles. The minimum absolute atomic E-state index is 0.324. The van der Waals surface area contributed by atoms with Crippen molar-refractivity contribution in [3.63, 3.8) is 0 Å². The lowest BCUT2D eigenvalue weighted by Crippen LogP contribution is -2.20. The van der Waals surface area contributed by atoms with E-state index in [1.807, 2.05) is 42.1 Å². The van der Waals surface area contributed by atoms with Crippen LogP contribution in [0, 0.1) is 0 Å². The van der Waals surface area contributed by atoms with Gasteiger partial charge in [-0.05, 0) is 17.7 Å². The summed E-state index contributed by atoms with van der Waals surface area (Å²) in [5, 5.41) is 8.84. The molecule has 1 aromatic rings. The summed E-state index contributed by atoms with van der Waals surface area (Å²) >= 11 is 3.40. The van der Waals surface area contributed by atoms with E-state index in [4.69, 9.17) is 5.11 Å². The third kappa shape index (κ3) is 6.03. The maximum Gasteiger partial charge on any atom is 0.316 e. The Labute approximate surface area is 111 Å². The molecule has 0 aliphatic carbocycles. The highest BCUT2D eigenvalue weighted by molar-refractivity contribution is 8.03. The Bertz CT molecular complexity index is 327. The normalized spacial score (nSPS) is 12.3. The quantitative estimate of drug-likeness (QED) is 0.736. The van der Waals surface area contributed by atoms with Crippen molar-refractivity contribution in [2.45, 2.75) is 18.6 Å². The molecule has 0 aromatic heterocycles. The summed E-state index contributed by atoms with van der Waals surface area (Å²) in [6.07, 6.45) is 0.609. The van der Waals surface area contributed by atoms with Crippen LogP contribution in [0.3, 0.4) is 0 Å². The molecule has 1 atom stereocenters. The number of thioether (sulfide) groups is 2. The van der Waals surface area contributed by atoms with Gasteiger partial charge in [0.2, 0.25) is 0 Å². The van der Waals surface area contributed by atoms with E-state index in [2.05, 4.69) is 6.92 Å². The molecule has 1 aromatic carbocycles. The van der Waals surface area contributed by atoms with Crippen molar-refractivity contribution < 1.29 is 9.90 Å². The van der Waals surface area contributed by atoms with E-state index < -0.39 is 5.97 Å². The van der Waals surface area contributed by atoms with Gasteiger partial charge >= 0.3 is 5.97 Å². The van der Waals surface area contributed by atoms with Crippen molar-refractivity contribution in [1.29, 1.82) is 0 Å². The molecule has 0 fully saturated rings. The van der Waals surface area contributed by atoms with Gasteiger partial charge in [-0.15, -0.1) is 11.8 Å². The molecule has 0 amide bonds. The number of aliphatic carboxylic acids is 1. The van der Waals surface area contributed by atoms with Crippen LogP contribution in [0.15, 0.2) is 30.3 Å². The highest BCUT2D eigenvalue weighted by Crippen LogP contribution is 2.18. The van der Waals surface area contributed by atoms with Gasteiger partial charge in [0.25, 0.3) is 0 Å². The average Bonchev–Trinajstić information content (AvgIpc) is 2.34. The summed E-state index contributed by atoms with van der Waals surface area (Å²) < 4.78 is 0. The summed E-state index contributed by atoms with van der Waals surface area (Å²) in [4.78, 5) is 11.1. The first kappa shape index (κ1) is 14.5. The van der Waals surface area contributed by atoms with Gasteiger partial charge < -0.3 is 5.11 Å². The van der Waals surface area contributed by atoms with Crippen molar-refractivity contribution in [3.05, 3.63) is 35.9 Å². The molecule has 0 aliphatic rings. The molecule has 4 heteroatoms. The van der Waals surface area contributed by atoms with E-state index in [0.717, 1.165) is 22.8 Å². The van der Waals surface area contributed by atoms with Crippen LogP contribution in [0.25, 0.3) is 0 Å². The molecule has 0 bridgehead atoms. The zero-order valence-electron chi connectivity index (χ0n) is 9.96. The summed E-state index contributed by atoms with van der Waals surface area (Å²) in [6.45, 7) is 2.12. The fraction of sp³-hybridized carbons (Fsp3) is 0.462. The Morgan fingerprint density at radius 3 is 2.59 bits per heavy atom. The monoisotopic (exact) mass is 270 g/mol. The van der Waals surface area contributed by atoms with E-state index in [-0.39, 0.29) is 5.25 Å². The van der Waals surface area contributed by atoms with Gasteiger partial charge in [-0.2, -0.15) is 11.8 Å². The maximum atomic E-state index is 11.1. The predicted octanol–water partition coefficient (Wildman–Crippen LogP) is 3.17. The second kappa shape index (κ2) is 8.48. The van der Waals surface area contributed by atoms with Crippen molar-refractivity contribution in [2.75, 3.05) is 17.3 Å². The molecule has 0 radical (unpaired) electrons. The second-order valence-corrected chi connectivity index (χ2v) is 6.29. The molecular formula is C13H18O2S2. The molecule has 0 heterocycles. The average molecular weight is 270 g/mol. The lowest BCUT2D eigenvalue weighted by molar-refractivity contribution is -0.136. The Morgan fingerprint density at radius 1 is 1.29 bits per heavy atom. The third-order valence-corrected chi connectivity index (χ3v) is 4.66. The van der Waals surface area contributed by atoms with Gasteiger partial charge in [0.15, 0.2) is 0 Å². The number of hydrogen-bond acceptors (Lipinski definition) is 3. The molecule has 2 nitrogen and oxygen atoms in total. The maximum absolute atomic E-state index is 11.1. The van der Waals surface area contributed by atoms with Crippen LogP contribution in [0.1, 0.15) is 12.5 Å². The summed E-state index contributed by atoms with van der Waals surface area (Å²) in [6, 6.07) is 9.82. The Kier molecular flexibility index (Phi) is 7.21. The van der Waals surface area contributed by atoms with Gasteiger partial charge in [0, 0.05) is 11.5 Å². The van der Waals surface area contributed by atoms with Crippen LogP contribution in [0.4, 0.5) is 0 Å². The Hall–Kier alpha value is -0.610. The molecule has 17 heavy (non-hydrogen) atoms. The summed E-state index contributed by atoms with van der Waals surface area (Å²) in [5.41, 5.74) is 1.09. The number of carbonyl (C=O) groups is 1. The van der Waals surface area contributed by atoms with E-state index in [9.17, 15) is 4.79 Å². The van der Waals surface area contributed by atoms with E-state index in [0.29, 0.717) is 6.42 Å². The van der Waals surface area contributed by atoms with Gasteiger partial charge in [0.05, 0.1) is 0 Å². The SMILES string of the molecule is CCSCCSC(Cc1ccccc1)C(=O)O. The molecule has 94 valence electrons. The van der Waals surface area contributed by atoms with E-state index in [1.54, 1.807) is 11.8 Å². The lowest BCUT2D eigenvalue weighted by Gasteiger charge is -2.11. The summed E-state index contributed by atoms with van der Waals surface area (Å²) in [7, 11) is 0. The van der Waals surface area contributed by atoms with Crippen molar-refractivity contribution in [3.8, 4) is 0 Å². The lowest BCUT2D eigenvalue weighted by atomic mass is 10.1. The Morgan fingerprint density at radius 2 is 2.00 bits per heavy atom. The number of carboxylic acids is 1. The van der Waals surface area contributed by atoms with E-state index in [1.165, 1.54) is 0 Å². The largest absolute Gasteiger partial charge is 0.480 e. The number of carboxylic acid groups (broad SMARTS) is 1. The van der Waals surface area contributed by atoms with Gasteiger partial charge in [-0.3, -0.25) is 4.79 Å². The molecule has 1 rings (SSSR count). The number of rotatable bonds is 8. The van der Waals surface area contributed by atoms with Gasteiger partial charge in [-0.25, -0.2) is 0 Å². The fourth-order valence-electron chi connectivity index (χ4n) is 1.44. The van der Waals surface area contributed by atoms with Crippen LogP contribution in [0.5, 0.6) is 0 Å². The minimum Gasteiger partial charge on any atom is -0.480 e. The number of benzene rings is 1. The molecule has 1 unspecified atom stereocenters. The standard InChI is InChI=1S/C13H18O2S2/c1-2-16-8-9-17-12(13(14)15)10-11-6-4-3-5-7-11/h3-7,12H,2,8-10H2,1H3,(H,14,15). The minimum atomic E-state index is -0.708. The fourth-order valence-corrected chi connectivity index (χ4v) is 3.32. The van der Waals surface area contributed by atoms with Gasteiger partial charge in [-0.1, -0.05) is 37.3 Å².